The van der Waals surface area contributed by atoms with Gasteiger partial charge < -0.3 is 16.0 Å². The van der Waals surface area contributed by atoms with Gasteiger partial charge in [0.05, 0.1) is 26.9 Å². The zero-order chi connectivity index (χ0) is 29.8. The van der Waals surface area contributed by atoms with Gasteiger partial charge in [-0.1, -0.05) is 36.6 Å². The Balaban J connectivity index is 1.57. The number of aryl methyl sites for hydroxylation is 1. The summed E-state index contributed by atoms with van der Waals surface area (Å²) in [4.78, 5) is 24.2. The van der Waals surface area contributed by atoms with Crippen LogP contribution in [0.3, 0.4) is 0 Å². The van der Waals surface area contributed by atoms with Crippen LogP contribution in [0.4, 0.5) is 19.1 Å². The predicted molar refractivity (Wildman–Crippen MR) is 154 cm³/mol. The average Bonchev–Trinajstić information content (AvgIpc) is 3.34. The van der Waals surface area contributed by atoms with Gasteiger partial charge in [0.15, 0.2) is 0 Å². The molecule has 0 radical (unpaired) electrons. The van der Waals surface area contributed by atoms with Crippen molar-refractivity contribution in [1.29, 1.82) is 0 Å². The molecular formula is C29H27F3N6O3S. The first-order valence-electron chi connectivity index (χ1n) is 13.4. The molecule has 3 aromatic heterocycles. The van der Waals surface area contributed by atoms with Crippen LogP contribution in [-0.2, 0) is 16.2 Å². The number of aromatic nitrogens is 4. The summed E-state index contributed by atoms with van der Waals surface area (Å²) in [5, 5.41) is 3.62. The Kier molecular flexibility index (Phi) is 6.81. The van der Waals surface area contributed by atoms with Crippen molar-refractivity contribution in [2.24, 2.45) is 5.73 Å². The van der Waals surface area contributed by atoms with Crippen molar-refractivity contribution in [1.82, 2.24) is 18.9 Å². The van der Waals surface area contributed by atoms with Crippen LogP contribution in [0.2, 0.25) is 0 Å². The second-order valence-electron chi connectivity index (χ2n) is 10.6. The largest absolute Gasteiger partial charge is 0.416 e. The van der Waals surface area contributed by atoms with E-state index in [1.54, 1.807) is 19.1 Å². The van der Waals surface area contributed by atoms with Gasteiger partial charge in [0.2, 0.25) is 5.95 Å². The Labute approximate surface area is 238 Å². The van der Waals surface area contributed by atoms with E-state index in [0.717, 1.165) is 47.4 Å². The number of nitrogens with zero attached hydrogens (tertiary/aromatic N) is 3. The molecule has 5 aromatic rings. The topological polar surface area (TPSA) is 136 Å². The van der Waals surface area contributed by atoms with Gasteiger partial charge in [-0.15, -0.1) is 0 Å². The second kappa shape index (κ2) is 10.2. The number of nitrogens with two attached hydrogens (primary N) is 1. The molecule has 4 N–H and O–H groups in total. The highest BCUT2D eigenvalue weighted by Crippen LogP contribution is 2.39. The minimum atomic E-state index is -4.70. The van der Waals surface area contributed by atoms with Crippen LogP contribution in [0.1, 0.15) is 36.8 Å². The number of H-pyrrole nitrogens is 1. The van der Waals surface area contributed by atoms with Crippen molar-refractivity contribution in [3.05, 3.63) is 82.5 Å². The number of hydrogen-bond acceptors (Lipinski definition) is 7. The molecule has 2 aromatic carbocycles. The third-order valence-corrected chi connectivity index (χ3v) is 9.42. The SMILES string of the molecule is Cc1ccc(S(=O)(=O)n2cc(-c3c[nH]c(=O)c4cnc(N[C@H]5CCCC[C@H]5N)nc34)c3ccc(C(F)(F)F)cc32)cc1. The lowest BCUT2D eigenvalue weighted by Gasteiger charge is -2.29. The molecule has 0 spiro atoms. The molecule has 0 aliphatic heterocycles. The first kappa shape index (κ1) is 27.9. The summed E-state index contributed by atoms with van der Waals surface area (Å²) in [7, 11) is -4.31. The number of alkyl halides is 3. The van der Waals surface area contributed by atoms with E-state index in [1.807, 2.05) is 0 Å². The van der Waals surface area contributed by atoms with E-state index in [9.17, 15) is 26.4 Å². The van der Waals surface area contributed by atoms with Crippen LogP contribution >= 0.6 is 0 Å². The Morgan fingerprint density at radius 1 is 1.05 bits per heavy atom. The number of rotatable bonds is 5. The number of nitrogens with one attached hydrogen (secondary N) is 2. The molecular weight excluding hydrogens is 569 g/mol. The fourth-order valence-corrected chi connectivity index (χ4v) is 6.79. The number of benzene rings is 2. The van der Waals surface area contributed by atoms with Gasteiger partial charge in [-0.3, -0.25) is 4.79 Å². The fraction of sp³-hybridized carbons (Fsp3) is 0.276. The molecule has 3 heterocycles. The lowest BCUT2D eigenvalue weighted by Crippen LogP contribution is -2.42. The van der Waals surface area contributed by atoms with Gasteiger partial charge in [-0.05, 0) is 44.0 Å². The lowest BCUT2D eigenvalue weighted by molar-refractivity contribution is -0.137. The van der Waals surface area contributed by atoms with Gasteiger partial charge in [0, 0.05) is 47.2 Å². The van der Waals surface area contributed by atoms with Gasteiger partial charge in [-0.25, -0.2) is 22.4 Å². The van der Waals surface area contributed by atoms with E-state index < -0.39 is 27.3 Å². The summed E-state index contributed by atoms with van der Waals surface area (Å²) < 4.78 is 69.6. The van der Waals surface area contributed by atoms with Crippen LogP contribution < -0.4 is 16.6 Å². The number of fused-ring (bicyclic) bond motifs is 2. The summed E-state index contributed by atoms with van der Waals surface area (Å²) in [5.41, 5.74) is 6.28. The maximum Gasteiger partial charge on any atom is 0.416 e. The first-order chi connectivity index (χ1) is 19.9. The fourth-order valence-electron chi connectivity index (χ4n) is 5.43. The standard InChI is InChI=1S/C29H27F3N6O3S/c1-16-6-9-18(10-7-16)42(40,41)38-15-22(19-11-8-17(12-25(19)38)29(30,31)32)20-13-34-27(39)21-14-35-28(37-26(20)21)36-24-5-3-2-4-23(24)33/h6-15,23-24H,2-5,33H2,1H3,(H,34,39)(H,35,36,37)/t23-,24+/m1/s1. The number of anilines is 1. The van der Waals surface area contributed by atoms with E-state index in [2.05, 4.69) is 20.3 Å². The molecule has 218 valence electrons. The molecule has 0 unspecified atom stereocenters. The molecule has 6 rings (SSSR count). The highest BCUT2D eigenvalue weighted by Gasteiger charge is 2.32. The van der Waals surface area contributed by atoms with Gasteiger partial charge in [0.1, 0.15) is 0 Å². The minimum Gasteiger partial charge on any atom is -0.350 e. The highest BCUT2D eigenvalue weighted by molar-refractivity contribution is 7.90. The molecule has 1 aliphatic carbocycles. The monoisotopic (exact) mass is 596 g/mol. The molecule has 0 amide bonds. The summed E-state index contributed by atoms with van der Waals surface area (Å²) in [6, 6.07) is 8.81. The van der Waals surface area contributed by atoms with Crippen LogP contribution in [0, 0.1) is 6.92 Å². The van der Waals surface area contributed by atoms with Crippen molar-refractivity contribution in [2.75, 3.05) is 5.32 Å². The third kappa shape index (κ3) is 4.92. The molecule has 1 fully saturated rings. The molecule has 1 saturated carbocycles. The number of pyridine rings is 1. The zero-order valence-electron chi connectivity index (χ0n) is 22.4. The summed E-state index contributed by atoms with van der Waals surface area (Å²) in [6.45, 7) is 1.80. The molecule has 2 atom stereocenters. The zero-order valence-corrected chi connectivity index (χ0v) is 23.3. The van der Waals surface area contributed by atoms with Crippen LogP contribution in [0.5, 0.6) is 0 Å². The summed E-state index contributed by atoms with van der Waals surface area (Å²) in [6.07, 6.45) is 3.02. The summed E-state index contributed by atoms with van der Waals surface area (Å²) in [5.74, 6) is 0.243. The normalized spacial score (nSPS) is 18.0. The van der Waals surface area contributed by atoms with Gasteiger partial charge in [0.25, 0.3) is 15.6 Å². The van der Waals surface area contributed by atoms with E-state index in [0.29, 0.717) is 5.56 Å². The maximum absolute atomic E-state index is 13.8. The Bertz CT molecular complexity index is 1980. The van der Waals surface area contributed by atoms with Crippen molar-refractivity contribution in [3.63, 3.8) is 0 Å². The number of halogens is 3. The average molecular weight is 597 g/mol. The smallest absolute Gasteiger partial charge is 0.350 e. The quantitative estimate of drug-likeness (QED) is 0.254. The molecule has 0 saturated heterocycles. The molecule has 0 bridgehead atoms. The Hall–Kier alpha value is -4.23. The lowest BCUT2D eigenvalue weighted by atomic mass is 9.91. The van der Waals surface area contributed by atoms with Crippen LogP contribution in [0.15, 0.2) is 70.7 Å². The van der Waals surface area contributed by atoms with Crippen LogP contribution in [-0.4, -0.2) is 39.4 Å². The maximum atomic E-state index is 13.8. The Morgan fingerprint density at radius 2 is 1.79 bits per heavy atom. The van der Waals surface area contributed by atoms with Gasteiger partial charge >= 0.3 is 6.18 Å². The molecule has 9 nitrogen and oxygen atoms in total. The van der Waals surface area contributed by atoms with Crippen LogP contribution in [0.25, 0.3) is 32.9 Å². The van der Waals surface area contributed by atoms with E-state index >= 15 is 0 Å². The Morgan fingerprint density at radius 3 is 2.50 bits per heavy atom. The number of aromatic amines is 1. The minimum absolute atomic E-state index is 0.0657. The van der Waals surface area contributed by atoms with E-state index in [4.69, 9.17) is 5.73 Å². The van der Waals surface area contributed by atoms with E-state index in [1.165, 1.54) is 36.8 Å². The highest BCUT2D eigenvalue weighted by atomic mass is 32.2. The molecule has 13 heteroatoms. The van der Waals surface area contributed by atoms with Crippen molar-refractivity contribution in [3.8, 4) is 11.1 Å². The van der Waals surface area contributed by atoms with Crippen molar-refractivity contribution >= 4 is 37.8 Å². The number of hydrogen-bond donors (Lipinski definition) is 3. The summed E-state index contributed by atoms with van der Waals surface area (Å²) >= 11 is 0. The van der Waals surface area contributed by atoms with Gasteiger partial charge in [-0.2, -0.15) is 13.2 Å². The predicted octanol–water partition coefficient (Wildman–Crippen LogP) is 5.19. The van der Waals surface area contributed by atoms with E-state index in [-0.39, 0.29) is 50.3 Å². The second-order valence-corrected chi connectivity index (χ2v) is 12.4. The third-order valence-electron chi connectivity index (χ3n) is 7.74. The molecule has 1 aliphatic rings. The van der Waals surface area contributed by atoms with Crippen molar-refractivity contribution in [2.45, 2.75) is 55.8 Å². The molecule has 42 heavy (non-hydrogen) atoms. The van der Waals surface area contributed by atoms with Crippen molar-refractivity contribution < 1.29 is 21.6 Å². The first-order valence-corrected chi connectivity index (χ1v) is 14.8.